The maximum Gasteiger partial charge on any atom is 0.194 e. The van der Waals surface area contributed by atoms with Crippen molar-refractivity contribution in [1.82, 2.24) is 10.2 Å². The molecule has 160 valence electrons. The van der Waals surface area contributed by atoms with Crippen LogP contribution in [0, 0.1) is 47.3 Å². The summed E-state index contributed by atoms with van der Waals surface area (Å²) in [7, 11) is 0. The van der Waals surface area contributed by atoms with Crippen LogP contribution in [0.5, 0.6) is 0 Å². The van der Waals surface area contributed by atoms with Crippen LogP contribution in [0.25, 0.3) is 0 Å². The molecule has 1 N–H and O–H groups in total. The standard InChI is InChI=1S/C25H39N3O/c1-3-29-4-2-28(1)25(26-23-19-7-15-5-16(9-19)10-20(23)8-15)27-24-21-11-17-6-18(13-21)14-22(24)12-17/h15-24H,1-14H2,(H,26,27). The Kier molecular flexibility index (Phi) is 4.23. The summed E-state index contributed by atoms with van der Waals surface area (Å²) in [5.41, 5.74) is 0. The van der Waals surface area contributed by atoms with Crippen LogP contribution in [0.4, 0.5) is 0 Å². The van der Waals surface area contributed by atoms with Crippen molar-refractivity contribution in [2.45, 2.75) is 76.3 Å². The lowest BCUT2D eigenvalue weighted by atomic mass is 9.54. The van der Waals surface area contributed by atoms with E-state index in [1.54, 1.807) is 0 Å². The Morgan fingerprint density at radius 3 is 1.66 bits per heavy atom. The summed E-state index contributed by atoms with van der Waals surface area (Å²) in [4.78, 5) is 8.18. The first kappa shape index (κ1) is 17.9. The first-order valence-corrected chi connectivity index (χ1v) is 13.0. The normalized spacial score (nSPS) is 53.0. The highest BCUT2D eigenvalue weighted by Crippen LogP contribution is 2.55. The molecule has 0 radical (unpaired) electrons. The maximum atomic E-state index is 5.69. The average Bonchev–Trinajstić information content (AvgIpc) is 2.71. The van der Waals surface area contributed by atoms with Gasteiger partial charge in [0.1, 0.15) is 0 Å². The zero-order valence-corrected chi connectivity index (χ0v) is 18.0. The van der Waals surface area contributed by atoms with Gasteiger partial charge in [0.2, 0.25) is 0 Å². The minimum Gasteiger partial charge on any atom is -0.378 e. The topological polar surface area (TPSA) is 36.9 Å². The van der Waals surface area contributed by atoms with Gasteiger partial charge in [0.05, 0.1) is 19.3 Å². The number of ether oxygens (including phenoxy) is 1. The van der Waals surface area contributed by atoms with E-state index in [0.717, 1.165) is 73.6 Å². The Hall–Kier alpha value is -0.770. The van der Waals surface area contributed by atoms with Crippen LogP contribution < -0.4 is 5.32 Å². The average molecular weight is 398 g/mol. The number of guanidine groups is 1. The molecule has 0 spiro atoms. The smallest absolute Gasteiger partial charge is 0.194 e. The summed E-state index contributed by atoms with van der Waals surface area (Å²) in [5.74, 6) is 9.02. The van der Waals surface area contributed by atoms with Gasteiger partial charge in [-0.1, -0.05) is 0 Å². The third-order valence-corrected chi connectivity index (χ3v) is 10.3. The first-order valence-electron chi connectivity index (χ1n) is 13.0. The molecular formula is C25H39N3O. The second-order valence-corrected chi connectivity index (χ2v) is 12.1. The van der Waals surface area contributed by atoms with Crippen LogP contribution in [0.1, 0.15) is 64.2 Å². The quantitative estimate of drug-likeness (QED) is 0.567. The highest BCUT2D eigenvalue weighted by Gasteiger charge is 2.50. The summed E-state index contributed by atoms with van der Waals surface area (Å²) >= 11 is 0. The Bertz CT molecular complexity index is 613. The fraction of sp³-hybridized carbons (Fsp3) is 0.960. The van der Waals surface area contributed by atoms with Crippen LogP contribution in [-0.2, 0) is 4.74 Å². The summed E-state index contributed by atoms with van der Waals surface area (Å²) in [6.45, 7) is 3.77. The molecular weight excluding hydrogens is 358 g/mol. The molecule has 1 heterocycles. The van der Waals surface area contributed by atoms with Gasteiger partial charge in [0, 0.05) is 19.1 Å². The second-order valence-electron chi connectivity index (χ2n) is 12.1. The number of nitrogens with zero attached hydrogens (tertiary/aromatic N) is 2. The molecule has 0 aromatic rings. The van der Waals surface area contributed by atoms with Crippen LogP contribution in [0.15, 0.2) is 4.99 Å². The summed E-state index contributed by atoms with van der Waals surface area (Å²) < 4.78 is 5.69. The van der Waals surface area contributed by atoms with Crippen LogP contribution in [0.3, 0.4) is 0 Å². The van der Waals surface area contributed by atoms with Gasteiger partial charge in [0.15, 0.2) is 5.96 Å². The van der Waals surface area contributed by atoms with E-state index in [0.29, 0.717) is 12.1 Å². The number of aliphatic imine (C=N–C) groups is 1. The number of nitrogens with one attached hydrogen (secondary N) is 1. The molecule has 4 heteroatoms. The number of rotatable bonds is 2. The Labute approximate surface area is 176 Å². The lowest BCUT2D eigenvalue weighted by molar-refractivity contribution is -0.0110. The molecule has 8 aliphatic carbocycles. The third kappa shape index (κ3) is 3.06. The van der Waals surface area contributed by atoms with E-state index in [-0.39, 0.29) is 0 Å². The molecule has 9 rings (SSSR count). The summed E-state index contributed by atoms with van der Waals surface area (Å²) in [6, 6.07) is 1.30. The van der Waals surface area contributed by atoms with Crippen molar-refractivity contribution >= 4 is 5.96 Å². The van der Waals surface area contributed by atoms with E-state index < -0.39 is 0 Å². The van der Waals surface area contributed by atoms with Crippen molar-refractivity contribution in [2.75, 3.05) is 26.3 Å². The molecule has 29 heavy (non-hydrogen) atoms. The highest BCUT2D eigenvalue weighted by atomic mass is 16.5. The predicted molar refractivity (Wildman–Crippen MR) is 115 cm³/mol. The number of hydrogen-bond acceptors (Lipinski definition) is 2. The van der Waals surface area contributed by atoms with Gasteiger partial charge in [-0.15, -0.1) is 0 Å². The van der Waals surface area contributed by atoms with Crippen molar-refractivity contribution in [3.63, 3.8) is 0 Å². The summed E-state index contributed by atoms with van der Waals surface area (Å²) in [6.07, 6.45) is 14.9. The molecule has 8 saturated carbocycles. The Balaban J connectivity index is 1.16. The SMILES string of the molecule is C1CN(/C(=N\C2C3CC4CC(C3)CC2C4)NC2C3CC4CC(C3)CC2C4)CCO1. The molecule has 9 fully saturated rings. The molecule has 0 amide bonds. The molecule has 0 aromatic heterocycles. The predicted octanol–water partition coefficient (Wildman–Crippen LogP) is 3.91. The molecule has 8 bridgehead atoms. The van der Waals surface area contributed by atoms with E-state index in [2.05, 4.69) is 10.2 Å². The highest BCUT2D eigenvalue weighted by molar-refractivity contribution is 5.81. The van der Waals surface area contributed by atoms with Gasteiger partial charge in [-0.3, -0.25) is 0 Å². The van der Waals surface area contributed by atoms with Gasteiger partial charge in [-0.2, -0.15) is 0 Å². The fourth-order valence-electron chi connectivity index (χ4n) is 9.54. The van der Waals surface area contributed by atoms with E-state index in [1.165, 1.54) is 70.2 Å². The summed E-state index contributed by atoms with van der Waals surface area (Å²) in [5, 5.41) is 4.15. The van der Waals surface area contributed by atoms with E-state index in [1.807, 2.05) is 0 Å². The van der Waals surface area contributed by atoms with Crippen molar-refractivity contribution in [3.8, 4) is 0 Å². The second kappa shape index (κ2) is 6.87. The molecule has 9 aliphatic rings. The molecule has 0 unspecified atom stereocenters. The van der Waals surface area contributed by atoms with Crippen molar-refractivity contribution in [1.29, 1.82) is 0 Å². The van der Waals surface area contributed by atoms with E-state index in [9.17, 15) is 0 Å². The van der Waals surface area contributed by atoms with Gasteiger partial charge < -0.3 is 15.0 Å². The minimum absolute atomic E-state index is 0.602. The fourth-order valence-corrected chi connectivity index (χ4v) is 9.54. The molecule has 0 aromatic carbocycles. The van der Waals surface area contributed by atoms with Crippen molar-refractivity contribution in [2.24, 2.45) is 52.3 Å². The van der Waals surface area contributed by atoms with Crippen LogP contribution in [-0.4, -0.2) is 49.2 Å². The first-order chi connectivity index (χ1) is 14.3. The van der Waals surface area contributed by atoms with Gasteiger partial charge in [-0.25, -0.2) is 4.99 Å². The zero-order chi connectivity index (χ0) is 18.9. The van der Waals surface area contributed by atoms with Gasteiger partial charge >= 0.3 is 0 Å². The van der Waals surface area contributed by atoms with Crippen molar-refractivity contribution in [3.05, 3.63) is 0 Å². The van der Waals surface area contributed by atoms with Crippen LogP contribution in [0.2, 0.25) is 0 Å². The molecule has 0 atom stereocenters. The minimum atomic E-state index is 0.602. The Morgan fingerprint density at radius 2 is 1.14 bits per heavy atom. The lowest BCUT2D eigenvalue weighted by Gasteiger charge is -2.55. The molecule has 1 saturated heterocycles. The number of morpholine rings is 1. The monoisotopic (exact) mass is 397 g/mol. The lowest BCUT2D eigenvalue weighted by Crippen LogP contribution is -2.60. The van der Waals surface area contributed by atoms with E-state index in [4.69, 9.17) is 9.73 Å². The Morgan fingerprint density at radius 1 is 0.655 bits per heavy atom. The van der Waals surface area contributed by atoms with Crippen LogP contribution >= 0.6 is 0 Å². The zero-order valence-electron chi connectivity index (χ0n) is 18.0. The molecule has 4 nitrogen and oxygen atoms in total. The van der Waals surface area contributed by atoms with Crippen molar-refractivity contribution < 1.29 is 4.74 Å². The van der Waals surface area contributed by atoms with E-state index >= 15 is 0 Å². The van der Waals surface area contributed by atoms with Gasteiger partial charge in [0.25, 0.3) is 0 Å². The molecule has 1 aliphatic heterocycles. The third-order valence-electron chi connectivity index (χ3n) is 10.3. The number of hydrogen-bond donors (Lipinski definition) is 1. The largest absolute Gasteiger partial charge is 0.378 e. The van der Waals surface area contributed by atoms with Gasteiger partial charge in [-0.05, 0) is 112 Å². The maximum absolute atomic E-state index is 5.69.